The standard InChI is InChI=1S/C17H13N7O/c25-17(13-1-5-15(6-2-13)23-9-18-19-10-23)22-14-3-7-16(8-4-14)24-11-20-21-12-24/h1-12H,(H,22,25). The molecule has 1 amide bonds. The van der Waals surface area contributed by atoms with Crippen molar-refractivity contribution in [3.63, 3.8) is 0 Å². The summed E-state index contributed by atoms with van der Waals surface area (Å²) < 4.78 is 3.56. The normalized spacial score (nSPS) is 10.6. The molecule has 0 bridgehead atoms. The van der Waals surface area contributed by atoms with Crippen LogP contribution < -0.4 is 5.32 Å². The van der Waals surface area contributed by atoms with Gasteiger partial charge in [-0.15, -0.1) is 20.4 Å². The number of benzene rings is 2. The second-order valence-corrected chi connectivity index (χ2v) is 5.29. The van der Waals surface area contributed by atoms with Crippen LogP contribution in [0.25, 0.3) is 11.4 Å². The third-order valence-corrected chi connectivity index (χ3v) is 3.69. The van der Waals surface area contributed by atoms with Crippen molar-refractivity contribution in [2.24, 2.45) is 0 Å². The molecule has 0 saturated carbocycles. The number of carbonyl (C=O) groups excluding carboxylic acids is 1. The van der Waals surface area contributed by atoms with Gasteiger partial charge in [-0.3, -0.25) is 13.9 Å². The maximum absolute atomic E-state index is 12.4. The van der Waals surface area contributed by atoms with Crippen LogP contribution in [0, 0.1) is 0 Å². The Morgan fingerprint density at radius 3 is 1.60 bits per heavy atom. The Labute approximate surface area is 142 Å². The van der Waals surface area contributed by atoms with Gasteiger partial charge in [-0.1, -0.05) is 0 Å². The van der Waals surface area contributed by atoms with Crippen molar-refractivity contribution in [3.8, 4) is 11.4 Å². The highest BCUT2D eigenvalue weighted by Crippen LogP contribution is 2.15. The second kappa shape index (κ2) is 6.36. The summed E-state index contributed by atoms with van der Waals surface area (Å²) in [6.45, 7) is 0. The van der Waals surface area contributed by atoms with Crippen LogP contribution >= 0.6 is 0 Å². The fourth-order valence-corrected chi connectivity index (χ4v) is 2.37. The average Bonchev–Trinajstić information content (AvgIpc) is 3.36. The quantitative estimate of drug-likeness (QED) is 0.618. The molecule has 0 aliphatic heterocycles. The predicted molar refractivity (Wildman–Crippen MR) is 90.7 cm³/mol. The summed E-state index contributed by atoms with van der Waals surface area (Å²) in [6.07, 6.45) is 6.44. The fraction of sp³-hybridized carbons (Fsp3) is 0. The Bertz CT molecular complexity index is 959. The van der Waals surface area contributed by atoms with Crippen molar-refractivity contribution in [2.75, 3.05) is 5.32 Å². The fourth-order valence-electron chi connectivity index (χ4n) is 2.37. The first-order chi connectivity index (χ1) is 12.3. The van der Waals surface area contributed by atoms with Gasteiger partial charge in [-0.05, 0) is 48.5 Å². The zero-order valence-corrected chi connectivity index (χ0v) is 13.0. The molecule has 8 nitrogen and oxygen atoms in total. The van der Waals surface area contributed by atoms with E-state index < -0.39 is 0 Å². The van der Waals surface area contributed by atoms with Gasteiger partial charge in [0.05, 0.1) is 0 Å². The summed E-state index contributed by atoms with van der Waals surface area (Å²) in [6, 6.07) is 14.6. The Morgan fingerprint density at radius 1 is 0.680 bits per heavy atom. The third-order valence-electron chi connectivity index (χ3n) is 3.69. The Kier molecular flexibility index (Phi) is 3.76. The van der Waals surface area contributed by atoms with Crippen molar-refractivity contribution in [3.05, 3.63) is 79.4 Å². The summed E-state index contributed by atoms with van der Waals surface area (Å²) in [4.78, 5) is 12.4. The first-order valence-electron chi connectivity index (χ1n) is 7.51. The first-order valence-corrected chi connectivity index (χ1v) is 7.51. The van der Waals surface area contributed by atoms with Crippen molar-refractivity contribution in [2.45, 2.75) is 0 Å². The number of amides is 1. The van der Waals surface area contributed by atoms with Crippen molar-refractivity contribution in [1.82, 2.24) is 29.5 Å². The maximum atomic E-state index is 12.4. The number of anilines is 1. The van der Waals surface area contributed by atoms with Crippen LogP contribution in [0.4, 0.5) is 5.69 Å². The van der Waals surface area contributed by atoms with E-state index in [1.54, 1.807) is 46.6 Å². The van der Waals surface area contributed by atoms with E-state index in [1.807, 2.05) is 36.4 Å². The van der Waals surface area contributed by atoms with E-state index in [4.69, 9.17) is 0 Å². The molecule has 8 heteroatoms. The van der Waals surface area contributed by atoms with Crippen LogP contribution in [0.2, 0.25) is 0 Å². The maximum Gasteiger partial charge on any atom is 0.255 e. The molecule has 4 rings (SSSR count). The van der Waals surface area contributed by atoms with E-state index in [-0.39, 0.29) is 5.91 Å². The summed E-state index contributed by atoms with van der Waals surface area (Å²) >= 11 is 0. The van der Waals surface area contributed by atoms with Crippen LogP contribution in [0.5, 0.6) is 0 Å². The lowest BCUT2D eigenvalue weighted by molar-refractivity contribution is 0.102. The second-order valence-electron chi connectivity index (χ2n) is 5.29. The van der Waals surface area contributed by atoms with Crippen molar-refractivity contribution < 1.29 is 4.79 Å². The number of aromatic nitrogens is 6. The van der Waals surface area contributed by atoms with Gasteiger partial charge in [-0.2, -0.15) is 0 Å². The van der Waals surface area contributed by atoms with Gasteiger partial charge in [0.15, 0.2) is 0 Å². The number of rotatable bonds is 4. The molecule has 0 saturated heterocycles. The number of hydrogen-bond acceptors (Lipinski definition) is 5. The number of hydrogen-bond donors (Lipinski definition) is 1. The van der Waals surface area contributed by atoms with Crippen LogP contribution in [-0.4, -0.2) is 35.4 Å². The van der Waals surface area contributed by atoms with E-state index in [2.05, 4.69) is 25.7 Å². The van der Waals surface area contributed by atoms with Crippen LogP contribution in [0.1, 0.15) is 10.4 Å². The van der Waals surface area contributed by atoms with Gasteiger partial charge in [0.2, 0.25) is 0 Å². The summed E-state index contributed by atoms with van der Waals surface area (Å²) in [5.74, 6) is -0.174. The highest BCUT2D eigenvalue weighted by Gasteiger charge is 2.07. The molecule has 2 heterocycles. The molecule has 0 atom stereocenters. The molecule has 25 heavy (non-hydrogen) atoms. The Morgan fingerprint density at radius 2 is 1.12 bits per heavy atom. The largest absolute Gasteiger partial charge is 0.322 e. The minimum absolute atomic E-state index is 0.174. The molecule has 0 spiro atoms. The van der Waals surface area contributed by atoms with Crippen molar-refractivity contribution in [1.29, 1.82) is 0 Å². The molecule has 0 unspecified atom stereocenters. The molecule has 4 aromatic rings. The van der Waals surface area contributed by atoms with Crippen molar-refractivity contribution >= 4 is 11.6 Å². The Hall–Kier alpha value is -3.81. The van der Waals surface area contributed by atoms with Gasteiger partial charge in [0.25, 0.3) is 5.91 Å². The third kappa shape index (κ3) is 3.13. The smallest absolute Gasteiger partial charge is 0.255 e. The van der Waals surface area contributed by atoms with Gasteiger partial charge in [0, 0.05) is 22.6 Å². The molecule has 0 radical (unpaired) electrons. The van der Waals surface area contributed by atoms with E-state index in [0.717, 1.165) is 11.4 Å². The predicted octanol–water partition coefficient (Wildman–Crippen LogP) is 2.10. The highest BCUT2D eigenvalue weighted by molar-refractivity contribution is 6.04. The van der Waals surface area contributed by atoms with Crippen LogP contribution in [-0.2, 0) is 0 Å². The van der Waals surface area contributed by atoms with E-state index in [0.29, 0.717) is 11.3 Å². The molecule has 1 N–H and O–H groups in total. The molecular weight excluding hydrogens is 318 g/mol. The molecule has 2 aromatic carbocycles. The topological polar surface area (TPSA) is 90.5 Å². The number of carbonyl (C=O) groups is 1. The average molecular weight is 331 g/mol. The molecular formula is C17H13N7O. The lowest BCUT2D eigenvalue weighted by Crippen LogP contribution is -2.11. The first kappa shape index (κ1) is 14.8. The number of nitrogens with one attached hydrogen (secondary N) is 1. The summed E-state index contributed by atoms with van der Waals surface area (Å²) in [5.41, 5.74) is 3.09. The zero-order valence-electron chi connectivity index (χ0n) is 13.0. The minimum atomic E-state index is -0.174. The lowest BCUT2D eigenvalue weighted by atomic mass is 10.2. The molecule has 0 aliphatic carbocycles. The summed E-state index contributed by atoms with van der Waals surface area (Å²) in [7, 11) is 0. The molecule has 122 valence electrons. The number of nitrogens with zero attached hydrogens (tertiary/aromatic N) is 6. The SMILES string of the molecule is O=C(Nc1ccc(-n2cnnc2)cc1)c1ccc(-n2cnnc2)cc1. The van der Waals surface area contributed by atoms with Gasteiger partial charge in [-0.25, -0.2) is 0 Å². The molecule has 0 fully saturated rings. The zero-order chi connectivity index (χ0) is 17.1. The van der Waals surface area contributed by atoms with Crippen LogP contribution in [0.3, 0.4) is 0 Å². The highest BCUT2D eigenvalue weighted by atomic mass is 16.1. The molecule has 0 aliphatic rings. The van der Waals surface area contributed by atoms with Crippen LogP contribution in [0.15, 0.2) is 73.8 Å². The van der Waals surface area contributed by atoms with Gasteiger partial charge >= 0.3 is 0 Å². The molecule has 2 aromatic heterocycles. The Balaban J connectivity index is 1.46. The van der Waals surface area contributed by atoms with Gasteiger partial charge < -0.3 is 5.32 Å². The van der Waals surface area contributed by atoms with E-state index >= 15 is 0 Å². The summed E-state index contributed by atoms with van der Waals surface area (Å²) in [5, 5.41) is 17.9. The van der Waals surface area contributed by atoms with E-state index in [9.17, 15) is 4.79 Å². The lowest BCUT2D eigenvalue weighted by Gasteiger charge is -2.08. The van der Waals surface area contributed by atoms with Gasteiger partial charge in [0.1, 0.15) is 25.3 Å². The minimum Gasteiger partial charge on any atom is -0.322 e. The monoisotopic (exact) mass is 331 g/mol. The van der Waals surface area contributed by atoms with E-state index in [1.165, 1.54) is 0 Å².